The maximum atomic E-state index is 13.5. The smallest absolute Gasteiger partial charge is 0.326 e. The van der Waals surface area contributed by atoms with Crippen LogP contribution in [0.25, 0.3) is 0 Å². The van der Waals surface area contributed by atoms with E-state index in [4.69, 9.17) is 15.2 Å². The molecule has 0 aliphatic heterocycles. The first-order chi connectivity index (χ1) is 45.9. The number of carboxylic acid groups (broad SMARTS) is 2. The number of carbonyl (C=O) groups is 11. The van der Waals surface area contributed by atoms with Crippen LogP contribution in [0.15, 0.2) is 0 Å². The molecule has 2 rings (SSSR count). The van der Waals surface area contributed by atoms with Gasteiger partial charge in [-0.1, -0.05) is 154 Å². The number of rotatable bonds is 63. The molecule has 1 aromatic heterocycles. The van der Waals surface area contributed by atoms with Crippen molar-refractivity contribution in [1.82, 2.24) is 41.9 Å². The van der Waals surface area contributed by atoms with Gasteiger partial charge in [0.25, 0.3) is 0 Å². The van der Waals surface area contributed by atoms with Crippen molar-refractivity contribution in [2.45, 2.75) is 290 Å². The first-order valence-electron chi connectivity index (χ1n) is 35.9. The molecule has 0 radical (unpaired) electrons. The summed E-state index contributed by atoms with van der Waals surface area (Å²) in [6.07, 6.45) is 27.3. The number of Topliss-reactive ketones (excluding diaryl/α,β-unsaturated/α-hetero) is 4. The SMILES string of the molecule is CC(C)(C)C(=O)C[C@@H](CCCCNC(=O)COCCOCCCC(=O)CCC(NC(=O)CCC(NC(=O)CCCCCCCCCCCNC(=O)CCCS(=O)(=O)CC(=O)CCCCCCCCCCCCCCCc1nn[nH]n1)C(=O)O)C(=O)O)C(=O)C1CCC[C@H]1C(N)=O.[HH]. The van der Waals surface area contributed by atoms with Crippen LogP contribution >= 0.6 is 0 Å². The van der Waals surface area contributed by atoms with E-state index in [1.54, 1.807) is 0 Å². The maximum Gasteiger partial charge on any atom is 0.326 e. The number of aryl methyl sites for hydroxylation is 1. The number of aliphatic carboxylic acids is 2. The number of carbonyl (C=O) groups excluding carboxylic acids is 9. The van der Waals surface area contributed by atoms with Gasteiger partial charge in [0.1, 0.15) is 47.6 Å². The Morgan fingerprint density at radius 2 is 1.04 bits per heavy atom. The van der Waals surface area contributed by atoms with Crippen molar-refractivity contribution >= 4 is 74.4 Å². The first kappa shape index (κ1) is 86.0. The molecule has 1 heterocycles. The van der Waals surface area contributed by atoms with Crippen LogP contribution in [-0.4, -0.2) is 167 Å². The number of sulfone groups is 1. The lowest BCUT2D eigenvalue weighted by molar-refractivity contribution is -0.143. The third-order valence-corrected chi connectivity index (χ3v) is 19.3. The van der Waals surface area contributed by atoms with Crippen molar-refractivity contribution in [3.63, 3.8) is 0 Å². The topological polar surface area (TPSA) is 409 Å². The predicted molar refractivity (Wildman–Crippen MR) is 365 cm³/mol. The van der Waals surface area contributed by atoms with Gasteiger partial charge in [0.2, 0.25) is 29.5 Å². The van der Waals surface area contributed by atoms with Gasteiger partial charge in [-0.05, 0) is 77.0 Å². The number of amides is 5. The lowest BCUT2D eigenvalue weighted by Crippen LogP contribution is -2.44. The number of nitrogens with one attached hydrogen (secondary N) is 5. The van der Waals surface area contributed by atoms with Crippen molar-refractivity contribution in [3.05, 3.63) is 5.82 Å². The van der Waals surface area contributed by atoms with Crippen LogP contribution in [0.2, 0.25) is 0 Å². The summed E-state index contributed by atoms with van der Waals surface area (Å²) in [6, 6.07) is -2.74. The van der Waals surface area contributed by atoms with Gasteiger partial charge < -0.3 is 46.7 Å². The van der Waals surface area contributed by atoms with Gasteiger partial charge in [0.15, 0.2) is 15.7 Å². The summed E-state index contributed by atoms with van der Waals surface area (Å²) >= 11 is 0. The van der Waals surface area contributed by atoms with Crippen LogP contribution in [0.1, 0.15) is 278 Å². The Kier molecular flexibility index (Phi) is 46.6. The molecule has 5 amide bonds. The number of aromatic nitrogens is 4. The lowest BCUT2D eigenvalue weighted by Gasteiger charge is -2.25. The number of primary amides is 1. The van der Waals surface area contributed by atoms with Crippen molar-refractivity contribution in [2.75, 3.05) is 51.0 Å². The molecule has 0 spiro atoms. The molecule has 1 aliphatic rings. The van der Waals surface area contributed by atoms with E-state index in [-0.39, 0.29) is 133 Å². The molecule has 1 fully saturated rings. The van der Waals surface area contributed by atoms with E-state index in [1.807, 2.05) is 20.8 Å². The summed E-state index contributed by atoms with van der Waals surface area (Å²) in [7, 11) is -3.56. The number of H-pyrrole nitrogens is 1. The monoisotopic (exact) mass is 1380 g/mol. The second-order valence-corrected chi connectivity index (χ2v) is 29.3. The molecule has 3 unspecified atom stereocenters. The normalized spacial score (nSPS) is 14.9. The zero-order valence-electron chi connectivity index (χ0n) is 58.2. The highest BCUT2D eigenvalue weighted by atomic mass is 32.2. The number of carboxylic acids is 2. The summed E-state index contributed by atoms with van der Waals surface area (Å²) in [4.78, 5) is 137. The summed E-state index contributed by atoms with van der Waals surface area (Å²) in [5, 5.41) is 43.8. The van der Waals surface area contributed by atoms with E-state index >= 15 is 0 Å². The number of unbranched alkanes of at least 4 members (excludes halogenated alkanes) is 21. The van der Waals surface area contributed by atoms with Crippen LogP contribution in [0.5, 0.6) is 0 Å². The van der Waals surface area contributed by atoms with Crippen LogP contribution in [-0.2, 0) is 78.5 Å². The van der Waals surface area contributed by atoms with Gasteiger partial charge in [-0.3, -0.25) is 43.2 Å². The molecule has 96 heavy (non-hydrogen) atoms. The minimum absolute atomic E-state index is 0. The molecular formula is C69H121N9O17S. The summed E-state index contributed by atoms with van der Waals surface area (Å²) < 4.78 is 35.9. The van der Waals surface area contributed by atoms with Gasteiger partial charge in [-0.15, -0.1) is 10.2 Å². The zero-order chi connectivity index (χ0) is 70.8. The Morgan fingerprint density at radius 1 is 0.552 bits per heavy atom. The third-order valence-electron chi connectivity index (χ3n) is 17.6. The van der Waals surface area contributed by atoms with E-state index < -0.39 is 80.5 Å². The van der Waals surface area contributed by atoms with Gasteiger partial charge >= 0.3 is 11.9 Å². The highest BCUT2D eigenvalue weighted by Gasteiger charge is 2.40. The van der Waals surface area contributed by atoms with Gasteiger partial charge in [-0.2, -0.15) is 5.21 Å². The van der Waals surface area contributed by atoms with Crippen molar-refractivity contribution in [1.29, 1.82) is 0 Å². The average molecular weight is 1380 g/mol. The number of hydrogen-bond donors (Lipinski definition) is 8. The number of ether oxygens (including phenoxy) is 2. The van der Waals surface area contributed by atoms with E-state index in [9.17, 15) is 71.4 Å². The molecule has 550 valence electrons. The molecule has 1 saturated carbocycles. The standard InChI is InChI=1S/C69H119N9O17S.H2/c1-69(2,3)59(81)49-52(65(86)55-34-28-35-56(55)66(70)87)31-25-27-44-72-64(85)50-95-47-46-94-45-29-33-53(79)39-40-57(67(88)89)74-63(84)42-41-58(68(90)91)73-62(83)37-24-20-16-12-9-13-17-21-26-43-71-61(82)38-30-48-96(92,93)51-54(80)32-22-18-14-10-7-5-4-6-8-11-15-19-23-36-60-75-77-78-76-60;/h52,55-58H,4-51H2,1-3H3,(H2,70,87)(H,71,82)(H,72,85)(H,73,83)(H,74,84)(H,88,89)(H,90,91)(H,75,76,77,78);1H/t52-,55?,56-,57?,58?;/m1./s1. The minimum Gasteiger partial charge on any atom is -0.480 e. The van der Waals surface area contributed by atoms with Crippen LogP contribution in [0.3, 0.4) is 0 Å². The second kappa shape index (κ2) is 52.0. The lowest BCUT2D eigenvalue weighted by atomic mass is 9.77. The van der Waals surface area contributed by atoms with Gasteiger partial charge in [0.05, 0.1) is 19.0 Å². The number of ketones is 4. The summed E-state index contributed by atoms with van der Waals surface area (Å²) in [5.41, 5.74) is 4.97. The van der Waals surface area contributed by atoms with E-state index in [0.29, 0.717) is 64.5 Å². The van der Waals surface area contributed by atoms with Crippen LogP contribution < -0.4 is 27.0 Å². The second-order valence-electron chi connectivity index (χ2n) is 27.1. The Labute approximate surface area is 571 Å². The predicted octanol–water partition coefficient (Wildman–Crippen LogP) is 8.69. The number of hydrogen-bond acceptors (Lipinski definition) is 18. The highest BCUT2D eigenvalue weighted by Crippen LogP contribution is 2.36. The molecule has 26 nitrogen and oxygen atoms in total. The third kappa shape index (κ3) is 44.0. The van der Waals surface area contributed by atoms with E-state index in [0.717, 1.165) is 95.7 Å². The fourth-order valence-corrected chi connectivity index (χ4v) is 13.1. The Bertz CT molecular complexity index is 2570. The number of aromatic amines is 1. The Morgan fingerprint density at radius 3 is 1.60 bits per heavy atom. The number of tetrazole rings is 1. The maximum absolute atomic E-state index is 13.5. The zero-order valence-corrected chi connectivity index (χ0v) is 59.0. The molecule has 1 aromatic rings. The molecule has 0 bridgehead atoms. The fourth-order valence-electron chi connectivity index (χ4n) is 11.8. The van der Waals surface area contributed by atoms with E-state index in [1.165, 1.54) is 51.4 Å². The molecule has 27 heteroatoms. The summed E-state index contributed by atoms with van der Waals surface area (Å²) in [6.45, 7) is 6.57. The molecular weight excluding hydrogens is 1260 g/mol. The Hall–Kier alpha value is -6.09. The fraction of sp³-hybridized carbons (Fsp3) is 0.826. The minimum atomic E-state index is -3.56. The van der Waals surface area contributed by atoms with Gasteiger partial charge in [0, 0.05) is 95.7 Å². The van der Waals surface area contributed by atoms with Crippen molar-refractivity contribution in [3.8, 4) is 0 Å². The van der Waals surface area contributed by atoms with Gasteiger partial charge in [-0.25, -0.2) is 18.0 Å². The van der Waals surface area contributed by atoms with Crippen molar-refractivity contribution < 1.29 is 82.3 Å². The quantitative estimate of drug-likeness (QED) is 0.0283. The highest BCUT2D eigenvalue weighted by molar-refractivity contribution is 7.92. The van der Waals surface area contributed by atoms with Crippen molar-refractivity contribution in [2.24, 2.45) is 28.9 Å². The number of nitrogens with two attached hydrogens (primary N) is 1. The van der Waals surface area contributed by atoms with Crippen LogP contribution in [0.4, 0.5) is 0 Å². The molecule has 0 saturated heterocycles. The molecule has 5 atom stereocenters. The Balaban J connectivity index is 0.0000470. The molecule has 0 aromatic carbocycles. The first-order valence-corrected chi connectivity index (χ1v) is 37.8. The average Bonchev–Trinajstić information content (AvgIpc) is 1.81. The van der Waals surface area contributed by atoms with Crippen LogP contribution in [0, 0.1) is 23.2 Å². The largest absolute Gasteiger partial charge is 0.480 e. The van der Waals surface area contributed by atoms with E-state index in [2.05, 4.69) is 41.9 Å². The summed E-state index contributed by atoms with van der Waals surface area (Å²) in [5.74, 6) is -6.87. The molecule has 9 N–H and O–H groups in total. The number of nitrogens with zero attached hydrogens (tertiary/aromatic N) is 3. The molecule has 1 aliphatic carbocycles.